The number of hydrogen-bond donors (Lipinski definition) is 2. The summed E-state index contributed by atoms with van der Waals surface area (Å²) in [6, 6.07) is 5.57. The lowest BCUT2D eigenvalue weighted by molar-refractivity contribution is 0.227. The van der Waals surface area contributed by atoms with Crippen molar-refractivity contribution in [3.05, 3.63) is 29.1 Å². The van der Waals surface area contributed by atoms with Crippen LogP contribution in [0.4, 0.5) is 0 Å². The second-order valence-electron chi connectivity index (χ2n) is 3.72. The zero-order valence-corrected chi connectivity index (χ0v) is 12.1. The van der Waals surface area contributed by atoms with Crippen LogP contribution in [0.3, 0.4) is 0 Å². The summed E-state index contributed by atoms with van der Waals surface area (Å²) in [6.07, 6.45) is 1.18. The Morgan fingerprint density at radius 1 is 1.35 bits per heavy atom. The summed E-state index contributed by atoms with van der Waals surface area (Å²) in [5.41, 5.74) is 0.154. The predicted octanol–water partition coefficient (Wildman–Crippen LogP) is 3.23. The molecule has 0 saturated carbocycles. The first-order chi connectivity index (χ1) is 9.46. The van der Waals surface area contributed by atoms with Crippen LogP contribution in [0.1, 0.15) is 19.4 Å². The van der Waals surface area contributed by atoms with Crippen molar-refractivity contribution in [2.24, 2.45) is 0 Å². The van der Waals surface area contributed by atoms with Gasteiger partial charge in [0.25, 0.3) is 0 Å². The molecule has 0 aliphatic rings. The van der Waals surface area contributed by atoms with Crippen molar-refractivity contribution in [2.45, 2.75) is 13.8 Å². The lowest BCUT2D eigenvalue weighted by Crippen LogP contribution is -1.97. The molecule has 6 nitrogen and oxygen atoms in total. The Hall–Kier alpha value is -1.80. The zero-order valence-electron chi connectivity index (χ0n) is 11.2. The molecule has 0 unspecified atom stereocenters. The Morgan fingerprint density at radius 2 is 1.95 bits per heavy atom. The Bertz CT molecular complexity index is 581. The summed E-state index contributed by atoms with van der Waals surface area (Å²) < 4.78 is 22.6. The van der Waals surface area contributed by atoms with E-state index in [1.807, 2.05) is 0 Å². The van der Waals surface area contributed by atoms with Crippen LogP contribution in [0.25, 0.3) is 6.08 Å². The van der Waals surface area contributed by atoms with Crippen LogP contribution in [0, 0.1) is 11.3 Å². The molecule has 0 amide bonds. The number of phenolic OH excluding ortho intramolecular Hbond substituents is 2. The topological polar surface area (TPSA) is 99.8 Å². The molecule has 0 aliphatic heterocycles. The molecule has 0 aromatic heterocycles. The normalized spacial score (nSPS) is 12.2. The highest BCUT2D eigenvalue weighted by Gasteiger charge is 2.30. The maximum absolute atomic E-state index is 12.5. The third-order valence-corrected chi connectivity index (χ3v) is 4.33. The molecule has 2 N–H and O–H groups in total. The fraction of sp³-hybridized carbons (Fsp3) is 0.308. The third kappa shape index (κ3) is 3.84. The van der Waals surface area contributed by atoms with Gasteiger partial charge in [-0.2, -0.15) is 5.26 Å². The summed E-state index contributed by atoms with van der Waals surface area (Å²) in [6.45, 7) is 3.49. The fourth-order valence-corrected chi connectivity index (χ4v) is 2.95. The van der Waals surface area contributed by atoms with Crippen molar-refractivity contribution in [3.8, 4) is 17.6 Å². The Labute approximate surface area is 117 Å². The molecule has 0 heterocycles. The second kappa shape index (κ2) is 7.11. The van der Waals surface area contributed by atoms with Crippen LogP contribution >= 0.6 is 7.60 Å². The largest absolute Gasteiger partial charge is 0.508 e. The van der Waals surface area contributed by atoms with E-state index in [9.17, 15) is 14.8 Å². The molecule has 7 heteroatoms. The minimum absolute atomic E-state index is 0.0889. The van der Waals surface area contributed by atoms with E-state index in [1.165, 1.54) is 24.3 Å². The molecule has 0 saturated heterocycles. The number of aromatic hydroxyl groups is 2. The van der Waals surface area contributed by atoms with Crippen molar-refractivity contribution in [2.75, 3.05) is 13.2 Å². The van der Waals surface area contributed by atoms with Gasteiger partial charge < -0.3 is 19.3 Å². The van der Waals surface area contributed by atoms with Crippen molar-refractivity contribution in [3.63, 3.8) is 0 Å². The van der Waals surface area contributed by atoms with Crippen molar-refractivity contribution < 1.29 is 23.8 Å². The van der Waals surface area contributed by atoms with Crippen LogP contribution in [0.2, 0.25) is 0 Å². The van der Waals surface area contributed by atoms with E-state index in [-0.39, 0.29) is 35.6 Å². The van der Waals surface area contributed by atoms with Gasteiger partial charge in [-0.3, -0.25) is 4.57 Å². The second-order valence-corrected chi connectivity index (χ2v) is 5.71. The number of nitriles is 1. The van der Waals surface area contributed by atoms with E-state index < -0.39 is 7.60 Å². The van der Waals surface area contributed by atoms with Crippen molar-refractivity contribution in [1.29, 1.82) is 5.26 Å². The van der Waals surface area contributed by atoms with Gasteiger partial charge in [0.1, 0.15) is 22.9 Å². The number of nitrogens with zero attached hydrogens (tertiary/aromatic N) is 1. The summed E-state index contributed by atoms with van der Waals surface area (Å²) in [5, 5.41) is 28.0. The molecule has 20 heavy (non-hydrogen) atoms. The quantitative estimate of drug-likeness (QED) is 0.475. The summed E-state index contributed by atoms with van der Waals surface area (Å²) in [5.74, 6) is -0.246. The standard InChI is InChI=1S/C13H16NO5P/c1-3-18-20(17,19-4-2)12(9-14)8-10-7-11(15)5-6-13(10)16/h5-8,15-16H,3-4H2,1-2H3/b12-8+. The number of phenols is 2. The molecular formula is C13H16NO5P. The number of allylic oxidation sites excluding steroid dienone is 1. The molecule has 0 aliphatic carbocycles. The number of hydrogen-bond acceptors (Lipinski definition) is 6. The Morgan fingerprint density at radius 3 is 2.45 bits per heavy atom. The highest BCUT2D eigenvalue weighted by atomic mass is 31.2. The first-order valence-electron chi connectivity index (χ1n) is 6.00. The summed E-state index contributed by atoms with van der Waals surface area (Å²) >= 11 is 0. The number of benzene rings is 1. The Balaban J connectivity index is 3.29. The van der Waals surface area contributed by atoms with Gasteiger partial charge in [0.15, 0.2) is 0 Å². The van der Waals surface area contributed by atoms with Gasteiger partial charge in [-0.05, 0) is 38.1 Å². The van der Waals surface area contributed by atoms with Crippen molar-refractivity contribution >= 4 is 13.7 Å². The lowest BCUT2D eigenvalue weighted by atomic mass is 10.2. The first kappa shape index (κ1) is 16.3. The molecule has 0 bridgehead atoms. The van der Waals surface area contributed by atoms with Gasteiger partial charge in [-0.25, -0.2) is 0 Å². The van der Waals surface area contributed by atoms with Gasteiger partial charge in [-0.1, -0.05) is 0 Å². The smallest absolute Gasteiger partial charge is 0.371 e. The minimum atomic E-state index is -3.72. The molecular weight excluding hydrogens is 281 g/mol. The van der Waals surface area contributed by atoms with Gasteiger partial charge in [-0.15, -0.1) is 0 Å². The van der Waals surface area contributed by atoms with Crippen molar-refractivity contribution in [1.82, 2.24) is 0 Å². The van der Waals surface area contributed by atoms with Crippen LogP contribution in [0.5, 0.6) is 11.5 Å². The van der Waals surface area contributed by atoms with Crippen LogP contribution in [-0.2, 0) is 13.6 Å². The third-order valence-electron chi connectivity index (χ3n) is 2.31. The monoisotopic (exact) mass is 297 g/mol. The molecule has 1 aromatic carbocycles. The van der Waals surface area contributed by atoms with E-state index in [1.54, 1.807) is 19.9 Å². The van der Waals surface area contributed by atoms with E-state index in [4.69, 9.17) is 14.3 Å². The maximum atomic E-state index is 12.5. The Kier molecular flexibility index (Phi) is 5.78. The molecule has 108 valence electrons. The predicted molar refractivity (Wildman–Crippen MR) is 74.2 cm³/mol. The van der Waals surface area contributed by atoms with Crippen LogP contribution in [-0.4, -0.2) is 23.4 Å². The highest BCUT2D eigenvalue weighted by Crippen LogP contribution is 2.56. The van der Waals surface area contributed by atoms with Crippen LogP contribution < -0.4 is 0 Å². The lowest BCUT2D eigenvalue weighted by Gasteiger charge is -2.15. The molecule has 0 atom stereocenters. The SMILES string of the molecule is CCOP(=O)(OCC)/C(C#N)=C/c1cc(O)ccc1O. The highest BCUT2D eigenvalue weighted by molar-refractivity contribution is 7.59. The number of rotatable bonds is 6. The summed E-state index contributed by atoms with van der Waals surface area (Å²) in [7, 11) is -3.72. The molecule has 0 fully saturated rings. The van der Waals surface area contributed by atoms with Gasteiger partial charge in [0.2, 0.25) is 0 Å². The molecule has 1 rings (SSSR count). The van der Waals surface area contributed by atoms with Crippen LogP contribution in [0.15, 0.2) is 23.5 Å². The minimum Gasteiger partial charge on any atom is -0.508 e. The van der Waals surface area contributed by atoms with Gasteiger partial charge in [0, 0.05) is 5.56 Å². The van der Waals surface area contributed by atoms with E-state index >= 15 is 0 Å². The molecule has 1 aromatic rings. The maximum Gasteiger partial charge on any atom is 0.371 e. The van der Waals surface area contributed by atoms with E-state index in [2.05, 4.69) is 0 Å². The van der Waals surface area contributed by atoms with E-state index in [0.29, 0.717) is 0 Å². The fourth-order valence-electron chi connectivity index (χ4n) is 1.49. The van der Waals surface area contributed by atoms with E-state index in [0.717, 1.165) is 0 Å². The van der Waals surface area contributed by atoms with Gasteiger partial charge >= 0.3 is 7.60 Å². The van der Waals surface area contributed by atoms with Gasteiger partial charge in [0.05, 0.1) is 13.2 Å². The average Bonchev–Trinajstić information content (AvgIpc) is 2.40. The molecule has 0 spiro atoms. The zero-order chi connectivity index (χ0) is 15.2. The average molecular weight is 297 g/mol. The molecule has 0 radical (unpaired) electrons. The first-order valence-corrected chi connectivity index (χ1v) is 7.54. The summed E-state index contributed by atoms with van der Waals surface area (Å²) in [4.78, 5) is 0.